The van der Waals surface area contributed by atoms with Crippen molar-refractivity contribution in [1.82, 2.24) is 4.98 Å². The summed E-state index contributed by atoms with van der Waals surface area (Å²) in [4.78, 5) is 4.55. The van der Waals surface area contributed by atoms with Crippen molar-refractivity contribution >= 4 is 33.2 Å². The van der Waals surface area contributed by atoms with E-state index in [4.69, 9.17) is 16.3 Å². The minimum absolute atomic E-state index is 0.0472. The molecule has 0 atom stereocenters. The Kier molecular flexibility index (Phi) is 3.05. The molecule has 1 heterocycles. The number of rotatable bonds is 2. The Morgan fingerprint density at radius 3 is 2.79 bits per heavy atom. The Morgan fingerprint density at radius 1 is 1.26 bits per heavy atom. The van der Waals surface area contributed by atoms with Crippen LogP contribution in [0.5, 0.6) is 11.5 Å². The molecule has 0 amide bonds. The van der Waals surface area contributed by atoms with Gasteiger partial charge in [0, 0.05) is 5.56 Å². The Balaban J connectivity index is 2.18. The standard InChI is InChI=1S/C14H10ClNO2S/c1-18-11-7-8(6-9(15)13(11)17)14-16-10-4-2-3-5-12(10)19-14/h2-7,17H,1H3. The van der Waals surface area contributed by atoms with Crippen molar-refractivity contribution in [2.45, 2.75) is 0 Å². The number of benzene rings is 2. The van der Waals surface area contributed by atoms with Gasteiger partial charge in [-0.1, -0.05) is 23.7 Å². The van der Waals surface area contributed by atoms with Gasteiger partial charge in [-0.05, 0) is 24.3 Å². The maximum Gasteiger partial charge on any atom is 0.176 e. The topological polar surface area (TPSA) is 42.4 Å². The van der Waals surface area contributed by atoms with Gasteiger partial charge in [0.25, 0.3) is 0 Å². The largest absolute Gasteiger partial charge is 0.503 e. The fraction of sp³-hybridized carbons (Fsp3) is 0.0714. The van der Waals surface area contributed by atoms with Crippen molar-refractivity contribution in [3.05, 3.63) is 41.4 Å². The summed E-state index contributed by atoms with van der Waals surface area (Å²) < 4.78 is 6.22. The summed E-state index contributed by atoms with van der Waals surface area (Å²) in [7, 11) is 1.49. The van der Waals surface area contributed by atoms with Crippen LogP contribution in [0.15, 0.2) is 36.4 Å². The summed E-state index contributed by atoms with van der Waals surface area (Å²) in [5, 5.41) is 10.8. The van der Waals surface area contributed by atoms with Gasteiger partial charge in [-0.3, -0.25) is 0 Å². The highest BCUT2D eigenvalue weighted by atomic mass is 35.5. The molecule has 0 unspecified atom stereocenters. The van der Waals surface area contributed by atoms with Crippen LogP contribution in [0, 0.1) is 0 Å². The number of methoxy groups -OCH3 is 1. The number of nitrogens with zero attached hydrogens (tertiary/aromatic N) is 1. The lowest BCUT2D eigenvalue weighted by Crippen LogP contribution is -1.86. The Hall–Kier alpha value is -1.78. The Bertz CT molecular complexity index is 721. The van der Waals surface area contributed by atoms with E-state index in [0.717, 1.165) is 20.8 Å². The van der Waals surface area contributed by atoms with E-state index in [1.807, 2.05) is 24.3 Å². The number of fused-ring (bicyclic) bond motifs is 1. The van der Waals surface area contributed by atoms with Gasteiger partial charge in [0.2, 0.25) is 0 Å². The van der Waals surface area contributed by atoms with E-state index in [9.17, 15) is 5.11 Å². The molecule has 0 saturated heterocycles. The molecule has 2 aromatic carbocycles. The fourth-order valence-corrected chi connectivity index (χ4v) is 3.01. The number of thiazole rings is 1. The van der Waals surface area contributed by atoms with Crippen LogP contribution in [0.2, 0.25) is 5.02 Å². The number of hydrogen-bond donors (Lipinski definition) is 1. The maximum atomic E-state index is 9.73. The summed E-state index contributed by atoms with van der Waals surface area (Å²) in [6, 6.07) is 11.4. The minimum atomic E-state index is -0.0472. The SMILES string of the molecule is COc1cc(-c2nc3ccccc3s2)cc(Cl)c1O. The fourth-order valence-electron chi connectivity index (χ4n) is 1.85. The quantitative estimate of drug-likeness (QED) is 0.764. The smallest absolute Gasteiger partial charge is 0.176 e. The zero-order valence-electron chi connectivity index (χ0n) is 10.1. The number of ether oxygens (including phenoxy) is 1. The second-order valence-electron chi connectivity index (χ2n) is 4.00. The molecular weight excluding hydrogens is 282 g/mol. The first kappa shape index (κ1) is 12.3. The molecule has 5 heteroatoms. The number of aromatic nitrogens is 1. The van der Waals surface area contributed by atoms with Gasteiger partial charge in [0.1, 0.15) is 5.01 Å². The van der Waals surface area contributed by atoms with Crippen LogP contribution in [0.25, 0.3) is 20.8 Å². The van der Waals surface area contributed by atoms with E-state index in [1.165, 1.54) is 7.11 Å². The van der Waals surface area contributed by atoms with Crippen molar-refractivity contribution in [2.75, 3.05) is 7.11 Å². The molecule has 1 aromatic heterocycles. The van der Waals surface area contributed by atoms with E-state index in [2.05, 4.69) is 4.98 Å². The molecule has 0 aliphatic heterocycles. The van der Waals surface area contributed by atoms with Gasteiger partial charge in [-0.15, -0.1) is 11.3 Å². The van der Waals surface area contributed by atoms with E-state index in [0.29, 0.717) is 5.75 Å². The van der Waals surface area contributed by atoms with Crippen LogP contribution in [-0.2, 0) is 0 Å². The summed E-state index contributed by atoms with van der Waals surface area (Å²) in [5.41, 5.74) is 1.78. The first-order valence-electron chi connectivity index (χ1n) is 5.61. The molecule has 0 spiro atoms. The minimum Gasteiger partial charge on any atom is -0.503 e. The number of phenolic OH excluding ortho intramolecular Hbond substituents is 1. The first-order valence-corrected chi connectivity index (χ1v) is 6.81. The predicted octanol–water partition coefficient (Wildman–Crippen LogP) is 4.33. The van der Waals surface area contributed by atoms with Crippen LogP contribution in [0.4, 0.5) is 0 Å². The lowest BCUT2D eigenvalue weighted by atomic mass is 10.2. The molecule has 3 aromatic rings. The third-order valence-electron chi connectivity index (χ3n) is 2.79. The van der Waals surface area contributed by atoms with E-state index in [1.54, 1.807) is 23.5 Å². The van der Waals surface area contributed by atoms with Crippen molar-refractivity contribution in [1.29, 1.82) is 0 Å². The summed E-state index contributed by atoms with van der Waals surface area (Å²) in [6.45, 7) is 0. The lowest BCUT2D eigenvalue weighted by molar-refractivity contribution is 0.374. The molecule has 19 heavy (non-hydrogen) atoms. The van der Waals surface area contributed by atoms with E-state index in [-0.39, 0.29) is 10.8 Å². The van der Waals surface area contributed by atoms with Crippen molar-refractivity contribution in [2.24, 2.45) is 0 Å². The van der Waals surface area contributed by atoms with Crippen LogP contribution in [0.1, 0.15) is 0 Å². The normalized spacial score (nSPS) is 10.8. The van der Waals surface area contributed by atoms with Crippen LogP contribution in [-0.4, -0.2) is 17.2 Å². The van der Waals surface area contributed by atoms with Gasteiger partial charge in [0.15, 0.2) is 11.5 Å². The zero-order valence-corrected chi connectivity index (χ0v) is 11.6. The van der Waals surface area contributed by atoms with E-state index >= 15 is 0 Å². The second kappa shape index (κ2) is 4.72. The molecule has 3 rings (SSSR count). The third-order valence-corrected chi connectivity index (χ3v) is 4.16. The summed E-state index contributed by atoms with van der Waals surface area (Å²) >= 11 is 7.57. The second-order valence-corrected chi connectivity index (χ2v) is 5.43. The van der Waals surface area contributed by atoms with Gasteiger partial charge in [-0.25, -0.2) is 4.98 Å². The molecule has 1 N–H and O–H groups in total. The molecular formula is C14H10ClNO2S. The highest BCUT2D eigenvalue weighted by molar-refractivity contribution is 7.21. The monoisotopic (exact) mass is 291 g/mol. The lowest BCUT2D eigenvalue weighted by Gasteiger charge is -2.06. The zero-order chi connectivity index (χ0) is 13.4. The van der Waals surface area contributed by atoms with Gasteiger partial charge < -0.3 is 9.84 Å². The average Bonchev–Trinajstić information content (AvgIpc) is 2.85. The first-order chi connectivity index (χ1) is 9.19. The highest BCUT2D eigenvalue weighted by Crippen LogP contribution is 2.40. The van der Waals surface area contributed by atoms with Crippen molar-refractivity contribution < 1.29 is 9.84 Å². The van der Waals surface area contributed by atoms with Crippen molar-refractivity contribution in [3.8, 4) is 22.1 Å². The summed E-state index contributed by atoms with van der Waals surface area (Å²) in [5.74, 6) is 0.302. The number of aromatic hydroxyl groups is 1. The predicted molar refractivity (Wildman–Crippen MR) is 78.3 cm³/mol. The van der Waals surface area contributed by atoms with Gasteiger partial charge >= 0.3 is 0 Å². The molecule has 0 bridgehead atoms. The molecule has 0 aliphatic carbocycles. The Labute approximate surface area is 119 Å². The number of phenols is 1. The number of halogens is 1. The Morgan fingerprint density at radius 2 is 2.05 bits per heavy atom. The van der Waals surface area contributed by atoms with Crippen LogP contribution < -0.4 is 4.74 Å². The van der Waals surface area contributed by atoms with Gasteiger partial charge in [-0.2, -0.15) is 0 Å². The summed E-state index contributed by atoms with van der Waals surface area (Å²) in [6.07, 6.45) is 0. The molecule has 0 saturated carbocycles. The molecule has 3 nitrogen and oxygen atoms in total. The molecule has 96 valence electrons. The molecule has 0 aliphatic rings. The van der Waals surface area contributed by atoms with Crippen LogP contribution in [0.3, 0.4) is 0 Å². The van der Waals surface area contributed by atoms with Crippen LogP contribution >= 0.6 is 22.9 Å². The molecule has 0 radical (unpaired) electrons. The van der Waals surface area contributed by atoms with Gasteiger partial charge in [0.05, 0.1) is 22.3 Å². The molecule has 0 fully saturated rings. The van der Waals surface area contributed by atoms with E-state index < -0.39 is 0 Å². The van der Waals surface area contributed by atoms with Crippen molar-refractivity contribution in [3.63, 3.8) is 0 Å². The number of para-hydroxylation sites is 1. The maximum absolute atomic E-state index is 9.73. The highest BCUT2D eigenvalue weighted by Gasteiger charge is 2.13. The average molecular weight is 292 g/mol. The number of hydrogen-bond acceptors (Lipinski definition) is 4. The third kappa shape index (κ3) is 2.13.